The van der Waals surface area contributed by atoms with Gasteiger partial charge >= 0.3 is 0 Å². The highest BCUT2D eigenvalue weighted by Gasteiger charge is 2.18. The molecule has 0 aliphatic carbocycles. The molecule has 0 fully saturated rings. The third kappa shape index (κ3) is 5.29. The molecular formula is C17H23N3O3S3. The molecule has 0 aliphatic rings. The van der Waals surface area contributed by atoms with E-state index in [0.29, 0.717) is 5.69 Å². The van der Waals surface area contributed by atoms with Crippen LogP contribution < -0.4 is 5.32 Å². The summed E-state index contributed by atoms with van der Waals surface area (Å²) in [5.41, 5.74) is 1.57. The lowest BCUT2D eigenvalue weighted by atomic mass is 9.93. The van der Waals surface area contributed by atoms with Gasteiger partial charge in [0.15, 0.2) is 4.34 Å². The monoisotopic (exact) mass is 413 g/mol. The number of hydrogen-bond acceptors (Lipinski definition) is 6. The van der Waals surface area contributed by atoms with Crippen LogP contribution in [0.15, 0.2) is 38.9 Å². The number of sulfonamides is 1. The van der Waals surface area contributed by atoms with Crippen LogP contribution in [0.1, 0.15) is 26.5 Å². The van der Waals surface area contributed by atoms with Gasteiger partial charge in [-0.15, -0.1) is 11.3 Å². The van der Waals surface area contributed by atoms with E-state index in [0.717, 1.165) is 14.3 Å². The highest BCUT2D eigenvalue weighted by molar-refractivity contribution is 8.01. The average molecular weight is 414 g/mol. The number of rotatable bonds is 6. The molecule has 142 valence electrons. The summed E-state index contributed by atoms with van der Waals surface area (Å²) in [5.74, 6) is 0.0835. The lowest BCUT2D eigenvalue weighted by Crippen LogP contribution is -2.22. The zero-order chi connectivity index (χ0) is 19.5. The zero-order valence-corrected chi connectivity index (χ0v) is 17.9. The van der Waals surface area contributed by atoms with Crippen LogP contribution in [0.25, 0.3) is 0 Å². The van der Waals surface area contributed by atoms with Gasteiger partial charge in [-0.2, -0.15) is 0 Å². The van der Waals surface area contributed by atoms with Crippen LogP contribution in [0.4, 0.5) is 5.69 Å². The molecule has 0 spiro atoms. The summed E-state index contributed by atoms with van der Waals surface area (Å²) in [6.45, 7) is 6.30. The number of amides is 1. The van der Waals surface area contributed by atoms with Gasteiger partial charge in [-0.1, -0.05) is 32.5 Å². The second kappa shape index (κ2) is 8.08. The SMILES string of the molecule is CN(C)S(=O)(=O)c1ccc(NC(=O)CSc2nc(C(C)(C)C)cs2)cc1. The van der Waals surface area contributed by atoms with E-state index in [1.165, 1.54) is 49.3 Å². The molecule has 6 nitrogen and oxygen atoms in total. The second-order valence-corrected chi connectivity index (χ2v) is 11.1. The Labute approximate surface area is 163 Å². The van der Waals surface area contributed by atoms with Crippen molar-refractivity contribution in [2.45, 2.75) is 35.4 Å². The number of nitrogens with one attached hydrogen (secondary N) is 1. The maximum absolute atomic E-state index is 12.1. The zero-order valence-electron chi connectivity index (χ0n) is 15.4. The van der Waals surface area contributed by atoms with Gasteiger partial charge in [-0.25, -0.2) is 17.7 Å². The number of carbonyl (C=O) groups is 1. The lowest BCUT2D eigenvalue weighted by Gasteiger charge is -2.14. The standard InChI is InChI=1S/C17H23N3O3S3/c1-17(2,3)14-10-24-16(19-14)25-11-15(21)18-12-6-8-13(9-7-12)26(22,23)20(4)5/h6-10H,11H2,1-5H3,(H,18,21). The van der Waals surface area contributed by atoms with Crippen molar-refractivity contribution >= 4 is 44.7 Å². The molecule has 2 rings (SSSR count). The molecule has 0 atom stereocenters. The van der Waals surface area contributed by atoms with Crippen molar-refractivity contribution in [2.75, 3.05) is 25.2 Å². The van der Waals surface area contributed by atoms with Gasteiger partial charge in [0, 0.05) is 30.6 Å². The Morgan fingerprint density at radius 1 is 1.23 bits per heavy atom. The molecule has 1 heterocycles. The Morgan fingerprint density at radius 2 is 1.85 bits per heavy atom. The molecular weight excluding hydrogens is 390 g/mol. The normalized spacial score (nSPS) is 12.4. The van der Waals surface area contributed by atoms with E-state index in [4.69, 9.17) is 0 Å². The third-order valence-corrected chi connectivity index (χ3v) is 7.35. The van der Waals surface area contributed by atoms with E-state index < -0.39 is 10.0 Å². The molecule has 0 unspecified atom stereocenters. The molecule has 1 aromatic heterocycles. The van der Waals surface area contributed by atoms with Gasteiger partial charge in [-0.05, 0) is 24.3 Å². The first-order valence-electron chi connectivity index (χ1n) is 7.91. The second-order valence-electron chi connectivity index (χ2n) is 6.90. The Bertz CT molecular complexity index is 867. The van der Waals surface area contributed by atoms with Crippen molar-refractivity contribution in [1.29, 1.82) is 0 Å². The quantitative estimate of drug-likeness (QED) is 0.734. The Kier molecular flexibility index (Phi) is 6.49. The van der Waals surface area contributed by atoms with Crippen LogP contribution in [-0.4, -0.2) is 43.5 Å². The first kappa shape index (κ1) is 20.9. The van der Waals surface area contributed by atoms with Gasteiger partial charge in [0.05, 0.1) is 16.3 Å². The number of anilines is 1. The van der Waals surface area contributed by atoms with Crippen LogP contribution in [0.3, 0.4) is 0 Å². The average Bonchev–Trinajstić information content (AvgIpc) is 3.02. The van der Waals surface area contributed by atoms with Gasteiger partial charge in [0.2, 0.25) is 15.9 Å². The van der Waals surface area contributed by atoms with Crippen LogP contribution in [0.2, 0.25) is 0 Å². The van der Waals surface area contributed by atoms with Crippen molar-refractivity contribution in [3.63, 3.8) is 0 Å². The van der Waals surface area contributed by atoms with Crippen LogP contribution in [0, 0.1) is 0 Å². The van der Waals surface area contributed by atoms with E-state index in [1.807, 2.05) is 5.38 Å². The molecule has 26 heavy (non-hydrogen) atoms. The minimum atomic E-state index is -3.47. The molecule has 0 radical (unpaired) electrons. The van der Waals surface area contributed by atoms with E-state index >= 15 is 0 Å². The van der Waals surface area contributed by atoms with Crippen LogP contribution >= 0.6 is 23.1 Å². The number of nitrogens with zero attached hydrogens (tertiary/aromatic N) is 2. The van der Waals surface area contributed by atoms with Gasteiger partial charge in [0.1, 0.15) is 0 Å². The van der Waals surface area contributed by atoms with Crippen molar-refractivity contribution < 1.29 is 13.2 Å². The van der Waals surface area contributed by atoms with Crippen molar-refractivity contribution in [3.05, 3.63) is 35.3 Å². The summed E-state index contributed by atoms with van der Waals surface area (Å²) >= 11 is 2.92. The maximum atomic E-state index is 12.1. The van der Waals surface area contributed by atoms with E-state index in [9.17, 15) is 13.2 Å². The third-order valence-electron chi connectivity index (χ3n) is 3.49. The van der Waals surface area contributed by atoms with E-state index in [1.54, 1.807) is 12.1 Å². The highest BCUT2D eigenvalue weighted by Crippen LogP contribution is 2.29. The molecule has 1 amide bonds. The summed E-state index contributed by atoms with van der Waals surface area (Å²) < 4.78 is 26.1. The molecule has 1 N–H and O–H groups in total. The van der Waals surface area contributed by atoms with Crippen molar-refractivity contribution in [3.8, 4) is 0 Å². The maximum Gasteiger partial charge on any atom is 0.242 e. The van der Waals surface area contributed by atoms with E-state index in [-0.39, 0.29) is 22.0 Å². The first-order chi connectivity index (χ1) is 12.0. The van der Waals surface area contributed by atoms with Crippen LogP contribution in [0.5, 0.6) is 0 Å². The topological polar surface area (TPSA) is 79.4 Å². The molecule has 0 aliphatic heterocycles. The number of carbonyl (C=O) groups excluding carboxylic acids is 1. The largest absolute Gasteiger partial charge is 0.325 e. The summed E-state index contributed by atoms with van der Waals surface area (Å²) in [7, 11) is -0.512. The first-order valence-corrected chi connectivity index (χ1v) is 11.2. The number of benzene rings is 1. The molecule has 1 aromatic carbocycles. The Morgan fingerprint density at radius 3 is 2.35 bits per heavy atom. The fraction of sp³-hybridized carbons (Fsp3) is 0.412. The smallest absolute Gasteiger partial charge is 0.242 e. The summed E-state index contributed by atoms with van der Waals surface area (Å²) in [4.78, 5) is 16.8. The number of aromatic nitrogens is 1. The number of hydrogen-bond donors (Lipinski definition) is 1. The van der Waals surface area contributed by atoms with Crippen LogP contribution in [-0.2, 0) is 20.2 Å². The predicted octanol–water partition coefficient (Wildman–Crippen LogP) is 3.42. The van der Waals surface area contributed by atoms with Crippen molar-refractivity contribution in [1.82, 2.24) is 9.29 Å². The minimum Gasteiger partial charge on any atom is -0.325 e. The van der Waals surface area contributed by atoms with E-state index in [2.05, 4.69) is 31.1 Å². The van der Waals surface area contributed by atoms with Crippen molar-refractivity contribution in [2.24, 2.45) is 0 Å². The molecule has 0 saturated heterocycles. The summed E-state index contributed by atoms with van der Waals surface area (Å²) in [6, 6.07) is 6.13. The van der Waals surface area contributed by atoms with Gasteiger partial charge in [0.25, 0.3) is 0 Å². The number of thiazole rings is 1. The predicted molar refractivity (Wildman–Crippen MR) is 107 cm³/mol. The fourth-order valence-electron chi connectivity index (χ4n) is 1.91. The highest BCUT2D eigenvalue weighted by atomic mass is 32.2. The fourth-order valence-corrected chi connectivity index (χ4v) is 4.67. The summed E-state index contributed by atoms with van der Waals surface area (Å²) in [5, 5.41) is 4.78. The summed E-state index contributed by atoms with van der Waals surface area (Å²) in [6.07, 6.45) is 0. The lowest BCUT2D eigenvalue weighted by molar-refractivity contribution is -0.113. The Balaban J connectivity index is 1.93. The minimum absolute atomic E-state index is 0.00773. The van der Waals surface area contributed by atoms with Gasteiger partial charge < -0.3 is 5.32 Å². The Hall–Kier alpha value is -1.42. The number of thioether (sulfide) groups is 1. The van der Waals surface area contributed by atoms with Gasteiger partial charge in [-0.3, -0.25) is 4.79 Å². The molecule has 0 saturated carbocycles. The molecule has 9 heteroatoms. The molecule has 2 aromatic rings. The molecule has 0 bridgehead atoms.